The molecule has 0 aliphatic carbocycles. The molecule has 1 saturated heterocycles. The topological polar surface area (TPSA) is 58.6 Å². The number of likely N-dealkylation sites (N-methyl/N-ethyl adjacent to an activating group) is 1. The van der Waals surface area contributed by atoms with E-state index in [1.807, 2.05) is 11.9 Å². The van der Waals surface area contributed by atoms with Crippen molar-refractivity contribution in [3.8, 4) is 5.75 Å². The number of alkyl halides is 3. The van der Waals surface area contributed by atoms with E-state index in [4.69, 9.17) is 39.5 Å². The fourth-order valence-corrected chi connectivity index (χ4v) is 6.76. The number of anilines is 1. The van der Waals surface area contributed by atoms with Crippen molar-refractivity contribution < 1.29 is 26.3 Å². The first-order valence-corrected chi connectivity index (χ1v) is 11.5. The van der Waals surface area contributed by atoms with Crippen LogP contribution < -0.4 is 9.46 Å². The van der Waals surface area contributed by atoms with Gasteiger partial charge in [0, 0.05) is 19.2 Å². The highest BCUT2D eigenvalue weighted by Gasteiger charge is 2.36. The molecule has 29 heavy (non-hydrogen) atoms. The molecule has 1 aliphatic heterocycles. The number of hydrogen-bond donors (Lipinski definition) is 1. The lowest BCUT2D eigenvalue weighted by molar-refractivity contribution is -0.139. The molecule has 5 nitrogen and oxygen atoms in total. The van der Waals surface area contributed by atoms with Gasteiger partial charge in [0.1, 0.15) is 25.4 Å². The predicted molar refractivity (Wildman–Crippen MR) is 108 cm³/mol. The molecule has 13 heteroatoms. The number of rotatable bonds is 5. The average molecular weight is 510 g/mol. The first-order valence-electron chi connectivity index (χ1n) is 8.11. The molecule has 1 fully saturated rings. The van der Waals surface area contributed by atoms with Crippen LogP contribution in [0, 0.1) is 0 Å². The fourth-order valence-electron chi connectivity index (χ4n) is 2.86. The van der Waals surface area contributed by atoms with E-state index in [2.05, 4.69) is 4.72 Å². The first-order chi connectivity index (χ1) is 13.4. The molecule has 3 rings (SSSR count). The smallest absolute Gasteiger partial charge is 0.419 e. The van der Waals surface area contributed by atoms with Gasteiger partial charge in [0.15, 0.2) is 0 Å². The zero-order valence-electron chi connectivity index (χ0n) is 14.7. The van der Waals surface area contributed by atoms with Crippen molar-refractivity contribution in [2.75, 3.05) is 24.9 Å². The van der Waals surface area contributed by atoms with Crippen LogP contribution in [-0.4, -0.2) is 39.6 Å². The van der Waals surface area contributed by atoms with E-state index in [9.17, 15) is 21.6 Å². The Bertz CT molecular complexity index is 1030. The van der Waals surface area contributed by atoms with Gasteiger partial charge in [0.25, 0.3) is 10.0 Å². The number of halogens is 6. The van der Waals surface area contributed by atoms with Gasteiger partial charge in [-0.05, 0) is 25.6 Å². The van der Waals surface area contributed by atoms with Crippen molar-refractivity contribution in [1.29, 1.82) is 0 Å². The van der Waals surface area contributed by atoms with Crippen LogP contribution in [0.15, 0.2) is 23.1 Å². The van der Waals surface area contributed by atoms with Crippen LogP contribution in [0.4, 0.5) is 18.9 Å². The van der Waals surface area contributed by atoms with E-state index >= 15 is 0 Å². The molecule has 0 radical (unpaired) electrons. The van der Waals surface area contributed by atoms with Crippen LogP contribution in [0.2, 0.25) is 13.7 Å². The maximum absolute atomic E-state index is 13.4. The summed E-state index contributed by atoms with van der Waals surface area (Å²) in [7, 11) is -2.46. The number of hydrogen-bond acceptors (Lipinski definition) is 5. The molecule has 2 aromatic rings. The Morgan fingerprint density at radius 1 is 1.24 bits per heavy atom. The number of nitrogens with zero attached hydrogens (tertiary/aromatic N) is 1. The molecule has 0 spiro atoms. The highest BCUT2D eigenvalue weighted by molar-refractivity contribution is 7.93. The number of nitrogens with one attached hydrogen (secondary N) is 1. The van der Waals surface area contributed by atoms with Crippen molar-refractivity contribution >= 4 is 61.9 Å². The quantitative estimate of drug-likeness (QED) is 0.569. The monoisotopic (exact) mass is 508 g/mol. The third-order valence-corrected chi connectivity index (χ3v) is 8.18. The lowest BCUT2D eigenvalue weighted by atomic mass is 10.1. The number of benzene rings is 1. The Morgan fingerprint density at radius 2 is 1.93 bits per heavy atom. The molecule has 1 aliphatic rings. The van der Waals surface area contributed by atoms with Crippen molar-refractivity contribution in [3.05, 3.63) is 37.5 Å². The standard InChI is InChI=1S/C16H14Cl3F3N2O3S2/c1-24-5-4-9(7-24)27-11-6-8(2-3-10(11)16(20,21)22)23-29(25,26)13-12(17)14(18)28-15(13)19/h2-3,6,9,23H,4-5,7H2,1H3/t9-/m1/s1. The van der Waals surface area contributed by atoms with Gasteiger partial charge in [-0.25, -0.2) is 8.42 Å². The highest BCUT2D eigenvalue weighted by atomic mass is 35.5. The minimum absolute atomic E-state index is 0.0150. The molecule has 0 unspecified atom stereocenters. The first kappa shape index (κ1) is 22.8. The highest BCUT2D eigenvalue weighted by Crippen LogP contribution is 2.44. The van der Waals surface area contributed by atoms with E-state index in [1.54, 1.807) is 0 Å². The third-order valence-electron chi connectivity index (χ3n) is 4.18. The van der Waals surface area contributed by atoms with Gasteiger partial charge in [-0.15, -0.1) is 11.3 Å². The van der Waals surface area contributed by atoms with E-state index in [0.717, 1.165) is 29.5 Å². The lowest BCUT2D eigenvalue weighted by Crippen LogP contribution is -2.23. The molecule has 0 saturated carbocycles. The summed E-state index contributed by atoms with van der Waals surface area (Å²) < 4.78 is 72.9. The summed E-state index contributed by atoms with van der Waals surface area (Å²) in [6.07, 6.45) is -4.54. The SMILES string of the molecule is CN1CC[C@@H](Oc2cc(NS(=O)(=O)c3c(Cl)sc(Cl)c3Cl)ccc2C(F)(F)F)C1. The summed E-state index contributed by atoms with van der Waals surface area (Å²) in [5.41, 5.74) is -1.13. The minimum atomic E-state index is -4.66. The largest absolute Gasteiger partial charge is 0.488 e. The zero-order chi connectivity index (χ0) is 21.6. The molecular formula is C16H14Cl3F3N2O3S2. The second kappa shape index (κ2) is 8.32. The Morgan fingerprint density at radius 3 is 2.45 bits per heavy atom. The second-order valence-corrected chi connectivity index (χ2v) is 10.6. The van der Waals surface area contributed by atoms with Gasteiger partial charge in [-0.3, -0.25) is 4.72 Å². The summed E-state index contributed by atoms with van der Waals surface area (Å²) in [5.74, 6) is -0.460. The fraction of sp³-hybridized carbons (Fsp3) is 0.375. The normalized spacial score (nSPS) is 18.2. The number of likely N-dealkylation sites (tertiary alicyclic amines) is 1. The molecule has 1 aromatic carbocycles. The van der Waals surface area contributed by atoms with Gasteiger partial charge >= 0.3 is 6.18 Å². The number of ether oxygens (including phenoxy) is 1. The summed E-state index contributed by atoms with van der Waals surface area (Å²) >= 11 is 18.4. The van der Waals surface area contributed by atoms with Crippen LogP contribution in [0.25, 0.3) is 0 Å². The maximum atomic E-state index is 13.4. The maximum Gasteiger partial charge on any atom is 0.419 e. The molecule has 0 bridgehead atoms. The van der Waals surface area contributed by atoms with Gasteiger partial charge < -0.3 is 9.64 Å². The molecule has 0 amide bonds. The lowest BCUT2D eigenvalue weighted by Gasteiger charge is -2.19. The molecule has 1 N–H and O–H groups in total. The van der Waals surface area contributed by atoms with Crippen molar-refractivity contribution in [3.63, 3.8) is 0 Å². The van der Waals surface area contributed by atoms with E-state index < -0.39 is 38.5 Å². The van der Waals surface area contributed by atoms with E-state index in [-0.39, 0.29) is 19.4 Å². The van der Waals surface area contributed by atoms with Gasteiger partial charge in [-0.1, -0.05) is 34.8 Å². The van der Waals surface area contributed by atoms with Crippen LogP contribution in [-0.2, 0) is 16.2 Å². The van der Waals surface area contributed by atoms with Crippen molar-refractivity contribution in [2.24, 2.45) is 0 Å². The van der Waals surface area contributed by atoms with Crippen LogP contribution >= 0.6 is 46.1 Å². The van der Waals surface area contributed by atoms with Crippen molar-refractivity contribution in [2.45, 2.75) is 23.6 Å². The zero-order valence-corrected chi connectivity index (χ0v) is 18.6. The summed E-state index contributed by atoms with van der Waals surface area (Å²) in [6.45, 7) is 1.15. The molecule has 2 heterocycles. The van der Waals surface area contributed by atoms with Crippen molar-refractivity contribution in [1.82, 2.24) is 4.90 Å². The Labute approximate surface area is 184 Å². The van der Waals surface area contributed by atoms with Gasteiger partial charge in [0.2, 0.25) is 0 Å². The van der Waals surface area contributed by atoms with E-state index in [0.29, 0.717) is 19.5 Å². The average Bonchev–Trinajstić information content (AvgIpc) is 3.08. The summed E-state index contributed by atoms with van der Waals surface area (Å²) in [5, 5.41) is -0.258. The Hall–Kier alpha value is -0.910. The molecule has 1 aromatic heterocycles. The third kappa shape index (κ3) is 5.05. The summed E-state index contributed by atoms with van der Waals surface area (Å²) in [6, 6.07) is 2.74. The second-order valence-electron chi connectivity index (χ2n) is 6.40. The predicted octanol–water partition coefficient (Wildman–Crippen LogP) is 5.61. The molecule has 1 atom stereocenters. The molecule has 160 valence electrons. The summed E-state index contributed by atoms with van der Waals surface area (Å²) in [4.78, 5) is 1.49. The van der Waals surface area contributed by atoms with Gasteiger partial charge in [-0.2, -0.15) is 13.2 Å². The van der Waals surface area contributed by atoms with Crippen LogP contribution in [0.5, 0.6) is 5.75 Å². The Kier molecular flexibility index (Phi) is 6.53. The molecular weight excluding hydrogens is 496 g/mol. The number of thiophene rings is 1. The van der Waals surface area contributed by atoms with E-state index in [1.165, 1.54) is 0 Å². The van der Waals surface area contributed by atoms with Crippen LogP contribution in [0.3, 0.4) is 0 Å². The Balaban J connectivity index is 1.94. The number of sulfonamides is 1. The van der Waals surface area contributed by atoms with Crippen LogP contribution in [0.1, 0.15) is 12.0 Å². The minimum Gasteiger partial charge on any atom is -0.488 e. The van der Waals surface area contributed by atoms with Gasteiger partial charge in [0.05, 0.1) is 16.3 Å².